The van der Waals surface area contributed by atoms with Gasteiger partial charge in [0.05, 0.1) is 17.3 Å². The summed E-state index contributed by atoms with van der Waals surface area (Å²) >= 11 is 1.85. The van der Waals surface area contributed by atoms with Crippen LogP contribution >= 0.6 is 11.3 Å². The summed E-state index contributed by atoms with van der Waals surface area (Å²) < 4.78 is 5.25. The van der Waals surface area contributed by atoms with Crippen molar-refractivity contribution in [2.75, 3.05) is 7.11 Å². The lowest BCUT2D eigenvalue weighted by Crippen LogP contribution is -2.25. The van der Waals surface area contributed by atoms with E-state index in [0.29, 0.717) is 6.61 Å². The third-order valence-corrected chi connectivity index (χ3v) is 4.63. The molecule has 1 aliphatic carbocycles. The summed E-state index contributed by atoms with van der Waals surface area (Å²) in [4.78, 5) is 6.06. The first-order valence-corrected chi connectivity index (χ1v) is 7.85. The van der Waals surface area contributed by atoms with Crippen LogP contribution in [0.15, 0.2) is 0 Å². The lowest BCUT2D eigenvalue weighted by Gasteiger charge is -2.11. The molecule has 0 unspecified atom stereocenters. The van der Waals surface area contributed by atoms with Crippen molar-refractivity contribution < 1.29 is 4.74 Å². The van der Waals surface area contributed by atoms with Gasteiger partial charge in [-0.05, 0) is 25.7 Å². The van der Waals surface area contributed by atoms with Crippen LogP contribution in [0.4, 0.5) is 0 Å². The number of methoxy groups -OCH3 is 1. The summed E-state index contributed by atoms with van der Waals surface area (Å²) in [6.45, 7) is 3.81. The number of nitrogens with zero attached hydrogens (tertiary/aromatic N) is 1. The Bertz CT molecular complexity index is 359. The standard InChI is InChI=1S/C14H24N2OS/c1-3-6-14-16-12(10-17-2)13(18-14)9-15-11-7-4-5-8-11/h11,15H,3-10H2,1-2H3. The van der Waals surface area contributed by atoms with E-state index in [4.69, 9.17) is 4.74 Å². The first kappa shape index (κ1) is 14.0. The fourth-order valence-corrected chi connectivity index (χ4v) is 3.64. The van der Waals surface area contributed by atoms with Gasteiger partial charge < -0.3 is 10.1 Å². The predicted octanol–water partition coefficient (Wildman–Crippen LogP) is 3.27. The Balaban J connectivity index is 1.95. The van der Waals surface area contributed by atoms with Gasteiger partial charge in [-0.1, -0.05) is 19.8 Å². The van der Waals surface area contributed by atoms with Crippen molar-refractivity contribution in [3.05, 3.63) is 15.6 Å². The summed E-state index contributed by atoms with van der Waals surface area (Å²) in [5.74, 6) is 0. The molecule has 18 heavy (non-hydrogen) atoms. The second-order valence-corrected chi connectivity index (χ2v) is 6.19. The van der Waals surface area contributed by atoms with E-state index in [-0.39, 0.29) is 0 Å². The highest BCUT2D eigenvalue weighted by Gasteiger charge is 2.16. The second kappa shape index (κ2) is 7.22. The lowest BCUT2D eigenvalue weighted by atomic mass is 10.2. The van der Waals surface area contributed by atoms with E-state index >= 15 is 0 Å². The predicted molar refractivity (Wildman–Crippen MR) is 75.9 cm³/mol. The monoisotopic (exact) mass is 268 g/mol. The van der Waals surface area contributed by atoms with E-state index < -0.39 is 0 Å². The molecular weight excluding hydrogens is 244 g/mol. The van der Waals surface area contributed by atoms with Gasteiger partial charge in [-0.3, -0.25) is 0 Å². The molecule has 0 saturated heterocycles. The molecular formula is C14H24N2OS. The SMILES string of the molecule is CCCc1nc(COC)c(CNC2CCCC2)s1. The first-order valence-electron chi connectivity index (χ1n) is 7.03. The van der Waals surface area contributed by atoms with Crippen molar-refractivity contribution in [3.8, 4) is 0 Å². The number of hydrogen-bond acceptors (Lipinski definition) is 4. The number of hydrogen-bond donors (Lipinski definition) is 1. The lowest BCUT2D eigenvalue weighted by molar-refractivity contribution is 0.181. The maximum absolute atomic E-state index is 5.25. The molecule has 0 radical (unpaired) electrons. The molecule has 1 fully saturated rings. The molecule has 0 bridgehead atoms. The van der Waals surface area contributed by atoms with Gasteiger partial charge in [-0.15, -0.1) is 11.3 Å². The molecule has 1 aromatic heterocycles. The van der Waals surface area contributed by atoms with Gasteiger partial charge in [-0.25, -0.2) is 4.98 Å². The molecule has 0 aliphatic heterocycles. The van der Waals surface area contributed by atoms with Gasteiger partial charge in [0.15, 0.2) is 0 Å². The largest absolute Gasteiger partial charge is 0.378 e. The molecule has 0 amide bonds. The smallest absolute Gasteiger partial charge is 0.0932 e. The molecule has 2 rings (SSSR count). The number of rotatable bonds is 7. The highest BCUT2D eigenvalue weighted by Crippen LogP contribution is 2.23. The topological polar surface area (TPSA) is 34.1 Å². The molecule has 0 atom stereocenters. The zero-order chi connectivity index (χ0) is 12.8. The minimum Gasteiger partial charge on any atom is -0.378 e. The highest BCUT2D eigenvalue weighted by molar-refractivity contribution is 7.11. The number of ether oxygens (including phenoxy) is 1. The molecule has 1 aliphatic rings. The fourth-order valence-electron chi connectivity index (χ4n) is 2.51. The Morgan fingerprint density at radius 3 is 2.83 bits per heavy atom. The van der Waals surface area contributed by atoms with E-state index in [2.05, 4.69) is 17.2 Å². The Kier molecular flexibility index (Phi) is 5.60. The van der Waals surface area contributed by atoms with Gasteiger partial charge in [0.2, 0.25) is 0 Å². The van der Waals surface area contributed by atoms with Crippen molar-refractivity contribution in [2.45, 2.75) is 64.6 Å². The Hall–Kier alpha value is -0.450. The molecule has 1 heterocycles. The molecule has 4 heteroatoms. The van der Waals surface area contributed by atoms with E-state index in [1.54, 1.807) is 7.11 Å². The first-order chi connectivity index (χ1) is 8.83. The molecule has 1 saturated carbocycles. The number of nitrogens with one attached hydrogen (secondary N) is 1. The van der Waals surface area contributed by atoms with Crippen LogP contribution in [0.2, 0.25) is 0 Å². The van der Waals surface area contributed by atoms with Gasteiger partial charge in [-0.2, -0.15) is 0 Å². The minimum absolute atomic E-state index is 0.641. The van der Waals surface area contributed by atoms with Crippen molar-refractivity contribution in [1.82, 2.24) is 10.3 Å². The van der Waals surface area contributed by atoms with Crippen LogP contribution in [-0.2, 0) is 24.3 Å². The zero-order valence-electron chi connectivity index (χ0n) is 11.5. The maximum atomic E-state index is 5.25. The average Bonchev–Trinajstić information content (AvgIpc) is 2.97. The van der Waals surface area contributed by atoms with Crippen molar-refractivity contribution >= 4 is 11.3 Å². The summed E-state index contributed by atoms with van der Waals surface area (Å²) in [5, 5.41) is 4.92. The normalized spacial score (nSPS) is 16.6. The molecule has 1 N–H and O–H groups in total. The van der Waals surface area contributed by atoms with E-state index in [0.717, 1.165) is 31.1 Å². The van der Waals surface area contributed by atoms with E-state index in [1.807, 2.05) is 11.3 Å². The van der Waals surface area contributed by atoms with Gasteiger partial charge in [0.25, 0.3) is 0 Å². The molecule has 0 spiro atoms. The van der Waals surface area contributed by atoms with E-state index in [1.165, 1.54) is 35.6 Å². The van der Waals surface area contributed by atoms with Gasteiger partial charge in [0, 0.05) is 24.6 Å². The fraction of sp³-hybridized carbons (Fsp3) is 0.786. The highest BCUT2D eigenvalue weighted by atomic mass is 32.1. The second-order valence-electron chi connectivity index (χ2n) is 5.02. The van der Waals surface area contributed by atoms with Crippen LogP contribution in [0, 0.1) is 0 Å². The van der Waals surface area contributed by atoms with Crippen LogP contribution < -0.4 is 5.32 Å². The Morgan fingerprint density at radius 1 is 1.39 bits per heavy atom. The molecule has 3 nitrogen and oxygen atoms in total. The van der Waals surface area contributed by atoms with E-state index in [9.17, 15) is 0 Å². The summed E-state index contributed by atoms with van der Waals surface area (Å²) in [7, 11) is 1.74. The summed E-state index contributed by atoms with van der Waals surface area (Å²) in [6.07, 6.45) is 7.68. The van der Waals surface area contributed by atoms with Crippen molar-refractivity contribution in [3.63, 3.8) is 0 Å². The quantitative estimate of drug-likeness (QED) is 0.824. The zero-order valence-corrected chi connectivity index (χ0v) is 12.3. The third kappa shape index (κ3) is 3.77. The average molecular weight is 268 g/mol. The van der Waals surface area contributed by atoms with Crippen molar-refractivity contribution in [2.24, 2.45) is 0 Å². The summed E-state index contributed by atoms with van der Waals surface area (Å²) in [6, 6.07) is 0.720. The van der Waals surface area contributed by atoms with Crippen LogP contribution in [0.1, 0.15) is 54.6 Å². The molecule has 1 aromatic rings. The van der Waals surface area contributed by atoms with Crippen LogP contribution in [0.25, 0.3) is 0 Å². The minimum atomic E-state index is 0.641. The van der Waals surface area contributed by atoms with Crippen LogP contribution in [0.3, 0.4) is 0 Å². The third-order valence-electron chi connectivity index (χ3n) is 3.47. The number of aryl methyl sites for hydroxylation is 1. The van der Waals surface area contributed by atoms with Crippen molar-refractivity contribution in [1.29, 1.82) is 0 Å². The van der Waals surface area contributed by atoms with Crippen LogP contribution in [-0.4, -0.2) is 18.1 Å². The van der Waals surface area contributed by atoms with Gasteiger partial charge in [0.1, 0.15) is 0 Å². The van der Waals surface area contributed by atoms with Crippen LogP contribution in [0.5, 0.6) is 0 Å². The molecule has 0 aromatic carbocycles. The number of aromatic nitrogens is 1. The number of thiazole rings is 1. The van der Waals surface area contributed by atoms with Gasteiger partial charge >= 0.3 is 0 Å². The molecule has 102 valence electrons. The summed E-state index contributed by atoms with van der Waals surface area (Å²) in [5.41, 5.74) is 1.14. The Morgan fingerprint density at radius 2 is 2.17 bits per heavy atom. The Labute approximate surface area is 114 Å². The maximum Gasteiger partial charge on any atom is 0.0932 e.